The van der Waals surface area contributed by atoms with Gasteiger partial charge in [-0.2, -0.15) is 0 Å². The van der Waals surface area contributed by atoms with Crippen LogP contribution in [0.4, 0.5) is 5.69 Å². The number of carbonyl (C=O) groups excluding carboxylic acids is 2. The summed E-state index contributed by atoms with van der Waals surface area (Å²) in [6, 6.07) is 4.57. The fourth-order valence-corrected chi connectivity index (χ4v) is 2.47. The van der Waals surface area contributed by atoms with Crippen molar-refractivity contribution >= 4 is 41.5 Å². The molecule has 2 N–H and O–H groups in total. The van der Waals surface area contributed by atoms with Gasteiger partial charge in [0.2, 0.25) is 5.91 Å². The number of carbonyl (C=O) groups is 2. The predicted octanol–water partition coefficient (Wildman–Crippen LogP) is 2.71. The highest BCUT2D eigenvalue weighted by Crippen LogP contribution is 2.24. The highest BCUT2D eigenvalue weighted by atomic mass is 35.5. The first-order valence-corrected chi connectivity index (χ1v) is 7.74. The molecule has 0 fully saturated rings. The zero-order valence-corrected chi connectivity index (χ0v) is 14.7. The lowest BCUT2D eigenvalue weighted by molar-refractivity contribution is -0.116. The van der Waals surface area contributed by atoms with E-state index in [4.69, 9.17) is 11.6 Å². The van der Waals surface area contributed by atoms with Gasteiger partial charge in [-0.25, -0.2) is 0 Å². The minimum Gasteiger partial charge on any atom is -0.339 e. The maximum absolute atomic E-state index is 12.4. The monoisotopic (exact) mass is 357 g/mol. The summed E-state index contributed by atoms with van der Waals surface area (Å²) >= 11 is 6.12. The Hall–Kier alpha value is -1.56. The van der Waals surface area contributed by atoms with Gasteiger partial charge in [0.1, 0.15) is 6.04 Å². The maximum Gasteiger partial charge on any atom is 0.253 e. The fourth-order valence-electron chi connectivity index (χ4n) is 2.31. The summed E-state index contributed by atoms with van der Waals surface area (Å²) in [6.07, 6.45) is 3.69. The van der Waals surface area contributed by atoms with Gasteiger partial charge in [-0.15, -0.1) is 12.4 Å². The third-order valence-corrected chi connectivity index (χ3v) is 3.92. The van der Waals surface area contributed by atoms with Gasteiger partial charge >= 0.3 is 0 Å². The highest BCUT2D eigenvalue weighted by molar-refractivity contribution is 6.34. The van der Waals surface area contributed by atoms with Crippen molar-refractivity contribution in [3.8, 4) is 0 Å². The zero-order chi connectivity index (χ0) is 16.1. The molecule has 0 saturated carbocycles. The standard InChI is InChI=1S/C16H20ClN3O2.ClH/c1-3-20(4-2)16(22)11-7-8-12(17)14(10-11)19-15(21)13-6-5-9-18-13;/h5-8,10,13,18H,3-4,9H2,1-2H3,(H,19,21);1H. The van der Waals surface area contributed by atoms with Crippen molar-refractivity contribution in [2.24, 2.45) is 0 Å². The second-order valence-corrected chi connectivity index (χ2v) is 5.38. The number of benzene rings is 1. The van der Waals surface area contributed by atoms with Gasteiger partial charge in [0.05, 0.1) is 10.7 Å². The van der Waals surface area contributed by atoms with E-state index in [2.05, 4.69) is 10.6 Å². The Balaban J connectivity index is 0.00000264. The van der Waals surface area contributed by atoms with Crippen molar-refractivity contribution in [3.05, 3.63) is 40.9 Å². The topological polar surface area (TPSA) is 61.4 Å². The van der Waals surface area contributed by atoms with E-state index in [1.54, 1.807) is 29.2 Å². The van der Waals surface area contributed by atoms with Crippen molar-refractivity contribution in [1.29, 1.82) is 0 Å². The molecule has 0 saturated heterocycles. The number of hydrogen-bond donors (Lipinski definition) is 2. The molecular formula is C16H21Cl2N3O2. The van der Waals surface area contributed by atoms with Crippen molar-refractivity contribution in [3.63, 3.8) is 0 Å². The van der Waals surface area contributed by atoms with E-state index in [0.29, 0.717) is 35.9 Å². The number of nitrogens with zero attached hydrogens (tertiary/aromatic N) is 1. The molecule has 2 rings (SSSR count). The number of rotatable bonds is 5. The lowest BCUT2D eigenvalue weighted by atomic mass is 10.1. The normalized spacial score (nSPS) is 15.9. The summed E-state index contributed by atoms with van der Waals surface area (Å²) in [5.41, 5.74) is 0.963. The smallest absolute Gasteiger partial charge is 0.253 e. The second kappa shape index (κ2) is 8.91. The van der Waals surface area contributed by atoms with Crippen LogP contribution in [0.15, 0.2) is 30.4 Å². The van der Waals surface area contributed by atoms with Crippen LogP contribution < -0.4 is 10.6 Å². The van der Waals surface area contributed by atoms with Gasteiger partial charge in [0.15, 0.2) is 0 Å². The third-order valence-electron chi connectivity index (χ3n) is 3.59. The van der Waals surface area contributed by atoms with Crippen LogP contribution in [-0.4, -0.2) is 42.4 Å². The highest BCUT2D eigenvalue weighted by Gasteiger charge is 2.20. The molecule has 2 amide bonds. The lowest BCUT2D eigenvalue weighted by Crippen LogP contribution is -2.36. The van der Waals surface area contributed by atoms with Gasteiger partial charge in [0, 0.05) is 25.2 Å². The second-order valence-electron chi connectivity index (χ2n) is 4.98. The van der Waals surface area contributed by atoms with E-state index in [0.717, 1.165) is 0 Å². The third kappa shape index (κ3) is 4.70. The maximum atomic E-state index is 12.4. The molecule has 0 aliphatic carbocycles. The van der Waals surface area contributed by atoms with E-state index >= 15 is 0 Å². The van der Waals surface area contributed by atoms with Gasteiger partial charge < -0.3 is 10.2 Å². The van der Waals surface area contributed by atoms with Crippen LogP contribution in [0.5, 0.6) is 0 Å². The molecule has 0 aromatic heterocycles. The summed E-state index contributed by atoms with van der Waals surface area (Å²) in [4.78, 5) is 26.2. The molecule has 126 valence electrons. The van der Waals surface area contributed by atoms with Crippen LogP contribution in [-0.2, 0) is 4.79 Å². The molecule has 1 atom stereocenters. The Morgan fingerprint density at radius 1 is 1.35 bits per heavy atom. The number of halogens is 2. The van der Waals surface area contributed by atoms with Crippen LogP contribution in [0.3, 0.4) is 0 Å². The molecule has 23 heavy (non-hydrogen) atoms. The van der Waals surface area contributed by atoms with Crippen molar-refractivity contribution < 1.29 is 9.59 Å². The first kappa shape index (κ1) is 19.5. The van der Waals surface area contributed by atoms with Crippen LogP contribution in [0.1, 0.15) is 24.2 Å². The molecule has 7 heteroatoms. The number of anilines is 1. The summed E-state index contributed by atoms with van der Waals surface area (Å²) in [7, 11) is 0. The minimum absolute atomic E-state index is 0. The summed E-state index contributed by atoms with van der Waals surface area (Å²) in [5.74, 6) is -0.265. The van der Waals surface area contributed by atoms with Crippen molar-refractivity contribution in [2.75, 3.05) is 25.0 Å². The molecule has 1 aliphatic heterocycles. The first-order chi connectivity index (χ1) is 10.6. The largest absolute Gasteiger partial charge is 0.339 e. The molecule has 1 aliphatic rings. The average Bonchev–Trinajstić information content (AvgIpc) is 3.05. The Kier molecular flexibility index (Phi) is 7.55. The van der Waals surface area contributed by atoms with Gasteiger partial charge in [0.25, 0.3) is 5.91 Å². The molecule has 0 spiro atoms. The molecule has 5 nitrogen and oxygen atoms in total. The van der Waals surface area contributed by atoms with E-state index < -0.39 is 0 Å². The van der Waals surface area contributed by atoms with Gasteiger partial charge in [-0.05, 0) is 32.0 Å². The molecular weight excluding hydrogens is 337 g/mol. The zero-order valence-electron chi connectivity index (χ0n) is 13.1. The molecule has 1 aromatic rings. The number of hydrogen-bond acceptors (Lipinski definition) is 3. The average molecular weight is 358 g/mol. The molecule has 0 radical (unpaired) electrons. The minimum atomic E-state index is -0.363. The Labute approximate surface area is 147 Å². The summed E-state index contributed by atoms with van der Waals surface area (Å²) < 4.78 is 0. The Morgan fingerprint density at radius 3 is 2.61 bits per heavy atom. The fraction of sp³-hybridized carbons (Fsp3) is 0.375. The molecule has 0 bridgehead atoms. The molecule has 1 aromatic carbocycles. The SMILES string of the molecule is CCN(CC)C(=O)c1ccc(Cl)c(NC(=O)C2C=CCN2)c1.Cl. The summed E-state index contributed by atoms with van der Waals surface area (Å²) in [5, 5.41) is 6.20. The Bertz CT molecular complexity index is 601. The quantitative estimate of drug-likeness (QED) is 0.796. The van der Waals surface area contributed by atoms with Crippen LogP contribution >= 0.6 is 24.0 Å². The number of amides is 2. The first-order valence-electron chi connectivity index (χ1n) is 7.36. The van der Waals surface area contributed by atoms with Gasteiger partial charge in [-0.1, -0.05) is 23.8 Å². The van der Waals surface area contributed by atoms with Crippen LogP contribution in [0.25, 0.3) is 0 Å². The van der Waals surface area contributed by atoms with Crippen molar-refractivity contribution in [2.45, 2.75) is 19.9 Å². The molecule has 1 heterocycles. The Morgan fingerprint density at radius 2 is 2.04 bits per heavy atom. The summed E-state index contributed by atoms with van der Waals surface area (Å²) in [6.45, 7) is 5.80. The van der Waals surface area contributed by atoms with Gasteiger partial charge in [-0.3, -0.25) is 14.9 Å². The van der Waals surface area contributed by atoms with E-state index in [1.807, 2.05) is 19.9 Å². The number of nitrogens with one attached hydrogen (secondary N) is 2. The molecule has 1 unspecified atom stereocenters. The van der Waals surface area contributed by atoms with E-state index in [1.165, 1.54) is 0 Å². The van der Waals surface area contributed by atoms with Crippen LogP contribution in [0.2, 0.25) is 5.02 Å². The van der Waals surface area contributed by atoms with E-state index in [-0.39, 0.29) is 30.3 Å². The van der Waals surface area contributed by atoms with Crippen molar-refractivity contribution in [1.82, 2.24) is 10.2 Å². The van der Waals surface area contributed by atoms with Crippen LogP contribution in [0, 0.1) is 0 Å². The lowest BCUT2D eigenvalue weighted by Gasteiger charge is -2.19. The predicted molar refractivity (Wildman–Crippen MR) is 95.5 cm³/mol. The van der Waals surface area contributed by atoms with E-state index in [9.17, 15) is 9.59 Å².